The smallest absolute Gasteiger partial charge is 0.129 e. The lowest BCUT2D eigenvalue weighted by atomic mass is 10.2. The lowest BCUT2D eigenvalue weighted by Crippen LogP contribution is -2.18. The average molecular weight is 270 g/mol. The van der Waals surface area contributed by atoms with E-state index in [1.807, 2.05) is 11.4 Å². The van der Waals surface area contributed by atoms with Gasteiger partial charge in [-0.3, -0.25) is 0 Å². The van der Waals surface area contributed by atoms with E-state index < -0.39 is 0 Å². The Morgan fingerprint density at radius 3 is 2.82 bits per heavy atom. The molecule has 2 aromatic rings. The van der Waals surface area contributed by atoms with Gasteiger partial charge in [-0.15, -0.1) is 11.3 Å². The van der Waals surface area contributed by atoms with Gasteiger partial charge < -0.3 is 5.32 Å². The van der Waals surface area contributed by atoms with E-state index in [1.165, 1.54) is 10.9 Å². The summed E-state index contributed by atoms with van der Waals surface area (Å²) < 4.78 is 13.5. The van der Waals surface area contributed by atoms with Crippen molar-refractivity contribution in [3.8, 4) is 0 Å². The maximum atomic E-state index is 13.5. The second-order valence-corrected chi connectivity index (χ2v) is 5.20. The third-order valence-electron chi connectivity index (χ3n) is 2.62. The first-order valence-electron chi connectivity index (χ1n) is 5.38. The lowest BCUT2D eigenvalue weighted by Gasteiger charge is -2.13. The van der Waals surface area contributed by atoms with Crippen molar-refractivity contribution in [2.45, 2.75) is 19.5 Å². The predicted molar refractivity (Wildman–Crippen MR) is 71.0 cm³/mol. The van der Waals surface area contributed by atoms with Gasteiger partial charge in [-0.05, 0) is 30.5 Å². The number of benzene rings is 1. The van der Waals surface area contributed by atoms with Gasteiger partial charge in [-0.1, -0.05) is 23.7 Å². The van der Waals surface area contributed by atoms with Gasteiger partial charge >= 0.3 is 0 Å². The minimum Gasteiger partial charge on any atom is -0.305 e. The largest absolute Gasteiger partial charge is 0.305 e. The zero-order valence-electron chi connectivity index (χ0n) is 9.41. The maximum absolute atomic E-state index is 13.5. The van der Waals surface area contributed by atoms with Crippen molar-refractivity contribution in [2.75, 3.05) is 0 Å². The van der Waals surface area contributed by atoms with E-state index in [1.54, 1.807) is 23.5 Å². The van der Waals surface area contributed by atoms with Crippen LogP contribution in [0.15, 0.2) is 35.7 Å². The van der Waals surface area contributed by atoms with Crippen molar-refractivity contribution in [1.29, 1.82) is 0 Å². The fraction of sp³-hybridized carbons (Fsp3) is 0.231. The fourth-order valence-electron chi connectivity index (χ4n) is 1.59. The minimum atomic E-state index is -0.261. The summed E-state index contributed by atoms with van der Waals surface area (Å²) in [5, 5.41) is 5.77. The molecule has 1 aromatic heterocycles. The highest BCUT2D eigenvalue weighted by atomic mass is 35.5. The van der Waals surface area contributed by atoms with Crippen LogP contribution in [0.25, 0.3) is 0 Å². The molecule has 0 bridgehead atoms. The molecule has 0 aliphatic carbocycles. The molecule has 1 atom stereocenters. The van der Waals surface area contributed by atoms with Crippen LogP contribution in [0.3, 0.4) is 0 Å². The van der Waals surface area contributed by atoms with Gasteiger partial charge in [0.25, 0.3) is 0 Å². The molecule has 4 heteroatoms. The monoisotopic (exact) mass is 269 g/mol. The second kappa shape index (κ2) is 5.63. The molecule has 1 heterocycles. The van der Waals surface area contributed by atoms with Gasteiger partial charge in [0.15, 0.2) is 0 Å². The summed E-state index contributed by atoms with van der Waals surface area (Å²) in [4.78, 5) is 1.23. The Bertz CT molecular complexity index is 464. The van der Waals surface area contributed by atoms with Crippen LogP contribution in [0.2, 0.25) is 5.02 Å². The summed E-state index contributed by atoms with van der Waals surface area (Å²) in [5.74, 6) is -0.261. The van der Waals surface area contributed by atoms with Crippen molar-refractivity contribution >= 4 is 22.9 Å². The summed E-state index contributed by atoms with van der Waals surface area (Å²) in [6.07, 6.45) is 0. The van der Waals surface area contributed by atoms with Crippen LogP contribution in [0.5, 0.6) is 0 Å². The van der Waals surface area contributed by atoms with Crippen molar-refractivity contribution in [3.05, 3.63) is 57.0 Å². The summed E-state index contributed by atoms with van der Waals surface area (Å²) in [5.41, 5.74) is 0.526. The number of rotatable bonds is 4. The highest BCUT2D eigenvalue weighted by molar-refractivity contribution is 7.10. The van der Waals surface area contributed by atoms with Crippen molar-refractivity contribution in [2.24, 2.45) is 0 Å². The Kier molecular flexibility index (Phi) is 4.15. The van der Waals surface area contributed by atoms with Gasteiger partial charge in [0.2, 0.25) is 0 Å². The Morgan fingerprint density at radius 1 is 1.35 bits per heavy atom. The molecule has 0 aliphatic rings. The Hall–Kier alpha value is -0.900. The minimum absolute atomic E-state index is 0.200. The molecule has 0 saturated heterocycles. The van der Waals surface area contributed by atoms with Gasteiger partial charge in [0, 0.05) is 28.0 Å². The highest BCUT2D eigenvalue weighted by Crippen LogP contribution is 2.22. The number of nitrogens with one attached hydrogen (secondary N) is 1. The molecular weight excluding hydrogens is 257 g/mol. The molecule has 17 heavy (non-hydrogen) atoms. The Morgan fingerprint density at radius 2 is 2.18 bits per heavy atom. The number of hydrogen-bond acceptors (Lipinski definition) is 2. The lowest BCUT2D eigenvalue weighted by molar-refractivity contribution is 0.549. The number of hydrogen-bond donors (Lipinski definition) is 1. The van der Waals surface area contributed by atoms with E-state index in [0.29, 0.717) is 17.1 Å². The third-order valence-corrected chi connectivity index (χ3v) is 4.03. The van der Waals surface area contributed by atoms with Crippen LogP contribution in [0, 0.1) is 5.82 Å². The first-order chi connectivity index (χ1) is 8.18. The molecule has 0 fully saturated rings. The first-order valence-corrected chi connectivity index (χ1v) is 6.64. The third kappa shape index (κ3) is 3.06. The number of halogens is 2. The molecule has 1 N–H and O–H groups in total. The molecule has 0 radical (unpaired) electrons. The maximum Gasteiger partial charge on any atom is 0.129 e. The van der Waals surface area contributed by atoms with E-state index >= 15 is 0 Å². The zero-order chi connectivity index (χ0) is 12.3. The van der Waals surface area contributed by atoms with E-state index in [4.69, 9.17) is 11.6 Å². The molecule has 90 valence electrons. The van der Waals surface area contributed by atoms with Crippen LogP contribution in [-0.4, -0.2) is 0 Å². The summed E-state index contributed by atoms with van der Waals surface area (Å²) in [6, 6.07) is 9.02. The molecule has 0 amide bonds. The molecule has 0 spiro atoms. The van der Waals surface area contributed by atoms with Crippen molar-refractivity contribution < 1.29 is 4.39 Å². The molecule has 0 unspecified atom stereocenters. The molecule has 0 saturated carbocycles. The summed E-state index contributed by atoms with van der Waals surface area (Å²) in [7, 11) is 0. The quantitative estimate of drug-likeness (QED) is 0.868. The van der Waals surface area contributed by atoms with E-state index in [9.17, 15) is 4.39 Å². The Labute approximate surface area is 109 Å². The van der Waals surface area contributed by atoms with Crippen LogP contribution in [-0.2, 0) is 6.54 Å². The molecule has 1 aromatic carbocycles. The van der Waals surface area contributed by atoms with Crippen LogP contribution in [0.4, 0.5) is 4.39 Å². The average Bonchev–Trinajstić information content (AvgIpc) is 2.81. The zero-order valence-corrected chi connectivity index (χ0v) is 11.0. The standard InChI is InChI=1S/C13H13ClFNS/c1-9(13-6-3-7-17-13)16-8-10-11(14)4-2-5-12(10)15/h2-7,9,16H,8H2,1H3/t9-/m0/s1. The molecule has 2 rings (SSSR count). The van der Waals surface area contributed by atoms with Gasteiger partial charge in [0.1, 0.15) is 5.82 Å². The van der Waals surface area contributed by atoms with Gasteiger partial charge in [-0.25, -0.2) is 4.39 Å². The number of thiophene rings is 1. The van der Waals surface area contributed by atoms with Crippen LogP contribution in [0.1, 0.15) is 23.4 Å². The Balaban J connectivity index is 2.03. The van der Waals surface area contributed by atoms with E-state index in [-0.39, 0.29) is 11.9 Å². The molecule has 0 aliphatic heterocycles. The highest BCUT2D eigenvalue weighted by Gasteiger charge is 2.10. The fourth-order valence-corrected chi connectivity index (χ4v) is 2.58. The van der Waals surface area contributed by atoms with Crippen LogP contribution >= 0.6 is 22.9 Å². The SMILES string of the molecule is C[C@H](NCc1c(F)cccc1Cl)c1cccs1. The van der Waals surface area contributed by atoms with Gasteiger partial charge in [-0.2, -0.15) is 0 Å². The topological polar surface area (TPSA) is 12.0 Å². The van der Waals surface area contributed by atoms with E-state index in [0.717, 1.165) is 0 Å². The summed E-state index contributed by atoms with van der Waals surface area (Å²) in [6.45, 7) is 2.49. The molecule has 1 nitrogen and oxygen atoms in total. The normalized spacial score (nSPS) is 12.6. The van der Waals surface area contributed by atoms with Crippen LogP contribution < -0.4 is 5.32 Å². The molecular formula is C13H13ClFNS. The van der Waals surface area contributed by atoms with Crippen molar-refractivity contribution in [3.63, 3.8) is 0 Å². The predicted octanol–water partition coefficient (Wildman–Crippen LogP) is 4.39. The van der Waals surface area contributed by atoms with Crippen molar-refractivity contribution in [1.82, 2.24) is 5.32 Å². The van der Waals surface area contributed by atoms with E-state index in [2.05, 4.69) is 18.3 Å². The first kappa shape index (κ1) is 12.6. The van der Waals surface area contributed by atoms with Gasteiger partial charge in [0.05, 0.1) is 0 Å². The summed E-state index contributed by atoms with van der Waals surface area (Å²) >= 11 is 7.65. The second-order valence-electron chi connectivity index (χ2n) is 3.82.